The smallest absolute Gasteiger partial charge is 0.317 e. The Balaban J connectivity index is 1.17. The van der Waals surface area contributed by atoms with Crippen LogP contribution in [0.3, 0.4) is 0 Å². The predicted octanol–water partition coefficient (Wildman–Crippen LogP) is 3.54. The maximum absolute atomic E-state index is 13.4. The van der Waals surface area contributed by atoms with E-state index in [1.807, 2.05) is 4.90 Å². The van der Waals surface area contributed by atoms with E-state index in [0.717, 1.165) is 62.7 Å². The van der Waals surface area contributed by atoms with Crippen molar-refractivity contribution in [1.82, 2.24) is 15.1 Å². The molecule has 6 nitrogen and oxygen atoms in total. The number of benzene rings is 2. The Morgan fingerprint density at radius 3 is 2.91 bits per heavy atom. The largest absolute Gasteiger partial charge is 0.493 e. The average Bonchev–Trinajstić information content (AvgIpc) is 3.56. The van der Waals surface area contributed by atoms with Crippen LogP contribution in [0.4, 0.5) is 4.79 Å². The number of amides is 2. The lowest BCUT2D eigenvalue weighted by Gasteiger charge is -2.31. The van der Waals surface area contributed by atoms with E-state index in [4.69, 9.17) is 9.73 Å². The standard InChI is InChI=1S/C28H32N4O2/c1-18-5-3-4-6-22(18)24-15-31(2)17-25(24)30-28(33)32-11-9-21-14-29-27(23(21)16-32)20-7-8-26-19(13-20)10-12-34-26/h3-8,13,24-25H,9-12,14-17H2,1-2H3,(H,30,33)/t24-,25?/m0/s1. The van der Waals surface area contributed by atoms with E-state index in [9.17, 15) is 4.79 Å². The third kappa shape index (κ3) is 3.80. The lowest BCUT2D eigenvalue weighted by atomic mass is 9.91. The van der Waals surface area contributed by atoms with Crippen LogP contribution in [0.25, 0.3) is 0 Å². The fourth-order valence-electron chi connectivity index (χ4n) is 5.98. The topological polar surface area (TPSA) is 57.2 Å². The summed E-state index contributed by atoms with van der Waals surface area (Å²) in [5.41, 5.74) is 8.71. The fourth-order valence-corrected chi connectivity index (χ4v) is 5.98. The summed E-state index contributed by atoms with van der Waals surface area (Å²) in [5, 5.41) is 3.39. The molecule has 2 amide bonds. The molecule has 1 saturated heterocycles. The van der Waals surface area contributed by atoms with Gasteiger partial charge in [0.05, 0.1) is 24.9 Å². The number of nitrogens with zero attached hydrogens (tertiary/aromatic N) is 3. The second kappa shape index (κ2) is 8.58. The van der Waals surface area contributed by atoms with Gasteiger partial charge in [0.25, 0.3) is 0 Å². The molecule has 2 aromatic rings. The first kappa shape index (κ1) is 21.4. The first-order valence-electron chi connectivity index (χ1n) is 12.4. The Morgan fingerprint density at radius 2 is 2.03 bits per heavy atom. The molecule has 4 heterocycles. The lowest BCUT2D eigenvalue weighted by Crippen LogP contribution is -2.49. The van der Waals surface area contributed by atoms with Crippen molar-refractivity contribution in [2.75, 3.05) is 46.4 Å². The maximum Gasteiger partial charge on any atom is 0.317 e. The van der Waals surface area contributed by atoms with Crippen LogP contribution in [0.1, 0.15) is 34.6 Å². The quantitative estimate of drug-likeness (QED) is 0.769. The molecule has 6 rings (SSSR count). The third-order valence-corrected chi connectivity index (χ3v) is 7.82. The first-order chi connectivity index (χ1) is 16.6. The molecule has 0 aliphatic carbocycles. The number of rotatable bonds is 3. The van der Waals surface area contributed by atoms with E-state index in [-0.39, 0.29) is 12.1 Å². The first-order valence-corrected chi connectivity index (χ1v) is 12.4. The van der Waals surface area contributed by atoms with Crippen LogP contribution in [0.2, 0.25) is 0 Å². The summed E-state index contributed by atoms with van der Waals surface area (Å²) in [5.74, 6) is 1.30. The number of likely N-dealkylation sites (tertiary alicyclic amines) is 1. The Morgan fingerprint density at radius 1 is 1.15 bits per heavy atom. The number of likely N-dealkylation sites (N-methyl/N-ethyl adjacent to an activating group) is 1. The van der Waals surface area contributed by atoms with Crippen LogP contribution >= 0.6 is 0 Å². The summed E-state index contributed by atoms with van der Waals surface area (Å²) in [6, 6.07) is 15.1. The highest BCUT2D eigenvalue weighted by molar-refractivity contribution is 6.15. The zero-order valence-corrected chi connectivity index (χ0v) is 20.0. The van der Waals surface area contributed by atoms with Crippen LogP contribution in [0.15, 0.2) is 58.6 Å². The van der Waals surface area contributed by atoms with E-state index in [0.29, 0.717) is 12.5 Å². The van der Waals surface area contributed by atoms with E-state index in [1.165, 1.54) is 27.8 Å². The molecule has 4 aliphatic heterocycles. The number of carbonyl (C=O) groups excluding carboxylic acids is 1. The molecule has 6 heteroatoms. The predicted molar refractivity (Wildman–Crippen MR) is 134 cm³/mol. The SMILES string of the molecule is Cc1ccccc1[C@@H]1CN(C)CC1NC(=O)N1CCC2=C(C1)C(c1ccc3c(c1)CCO3)=NC2. The van der Waals surface area contributed by atoms with Crippen molar-refractivity contribution >= 4 is 11.7 Å². The molecule has 0 spiro atoms. The summed E-state index contributed by atoms with van der Waals surface area (Å²) in [7, 11) is 2.14. The number of aliphatic imine (C=N–C) groups is 1. The minimum absolute atomic E-state index is 0.0408. The zero-order valence-electron chi connectivity index (χ0n) is 20.0. The summed E-state index contributed by atoms with van der Waals surface area (Å²) in [4.78, 5) is 22.6. The Bertz CT molecular complexity index is 1200. The second-order valence-electron chi connectivity index (χ2n) is 10.1. The number of nitrogens with one attached hydrogen (secondary N) is 1. The molecule has 2 aromatic carbocycles. The van der Waals surface area contributed by atoms with Gasteiger partial charge in [0.2, 0.25) is 0 Å². The summed E-state index contributed by atoms with van der Waals surface area (Å²) in [6.45, 7) is 6.90. The van der Waals surface area contributed by atoms with Crippen molar-refractivity contribution in [3.63, 3.8) is 0 Å². The molecule has 1 unspecified atom stereocenters. The fraction of sp³-hybridized carbons (Fsp3) is 0.429. The molecular weight excluding hydrogens is 424 g/mol. The molecule has 0 saturated carbocycles. The van der Waals surface area contributed by atoms with Crippen molar-refractivity contribution in [3.8, 4) is 5.75 Å². The molecule has 1 fully saturated rings. The van der Waals surface area contributed by atoms with Gasteiger partial charge in [0.15, 0.2) is 0 Å². The Kier molecular flexibility index (Phi) is 5.41. The van der Waals surface area contributed by atoms with Gasteiger partial charge in [0, 0.05) is 44.1 Å². The van der Waals surface area contributed by atoms with Crippen LogP contribution in [-0.4, -0.2) is 74.0 Å². The monoisotopic (exact) mass is 456 g/mol. The van der Waals surface area contributed by atoms with Gasteiger partial charge in [-0.1, -0.05) is 24.3 Å². The molecule has 0 radical (unpaired) electrons. The molecule has 34 heavy (non-hydrogen) atoms. The summed E-state index contributed by atoms with van der Waals surface area (Å²) in [6.07, 6.45) is 1.85. The van der Waals surface area contributed by atoms with Crippen molar-refractivity contribution in [1.29, 1.82) is 0 Å². The Labute approximate surface area is 201 Å². The number of aryl methyl sites for hydroxylation is 1. The minimum Gasteiger partial charge on any atom is -0.493 e. The number of fused-ring (bicyclic) bond motifs is 1. The number of ether oxygens (including phenoxy) is 1. The number of hydrogen-bond acceptors (Lipinski definition) is 4. The van der Waals surface area contributed by atoms with Crippen LogP contribution in [0.5, 0.6) is 5.75 Å². The van der Waals surface area contributed by atoms with Gasteiger partial charge in [0.1, 0.15) is 5.75 Å². The molecule has 4 aliphatic rings. The summed E-state index contributed by atoms with van der Waals surface area (Å²) >= 11 is 0. The van der Waals surface area contributed by atoms with Gasteiger partial charge in [-0.25, -0.2) is 4.79 Å². The van der Waals surface area contributed by atoms with Crippen molar-refractivity contribution in [2.24, 2.45) is 4.99 Å². The maximum atomic E-state index is 13.4. The van der Waals surface area contributed by atoms with E-state index >= 15 is 0 Å². The van der Waals surface area contributed by atoms with Gasteiger partial charge in [-0.05, 0) is 66.4 Å². The molecule has 1 N–H and O–H groups in total. The molecule has 2 atom stereocenters. The normalized spacial score (nSPS) is 24.1. The van der Waals surface area contributed by atoms with Crippen molar-refractivity contribution in [2.45, 2.75) is 31.7 Å². The van der Waals surface area contributed by atoms with E-state index < -0.39 is 0 Å². The minimum atomic E-state index is 0.0408. The lowest BCUT2D eigenvalue weighted by molar-refractivity contribution is 0.196. The zero-order chi connectivity index (χ0) is 23.2. The van der Waals surface area contributed by atoms with Gasteiger partial charge < -0.3 is 19.9 Å². The van der Waals surface area contributed by atoms with Gasteiger partial charge in [-0.15, -0.1) is 0 Å². The van der Waals surface area contributed by atoms with E-state index in [2.05, 4.69) is 66.7 Å². The van der Waals surface area contributed by atoms with Gasteiger partial charge >= 0.3 is 6.03 Å². The molecule has 176 valence electrons. The van der Waals surface area contributed by atoms with E-state index in [1.54, 1.807) is 0 Å². The molecule has 0 aromatic heterocycles. The number of hydrogen-bond donors (Lipinski definition) is 1. The summed E-state index contributed by atoms with van der Waals surface area (Å²) < 4.78 is 5.67. The third-order valence-electron chi connectivity index (χ3n) is 7.82. The van der Waals surface area contributed by atoms with Crippen molar-refractivity contribution in [3.05, 3.63) is 75.9 Å². The van der Waals surface area contributed by atoms with Gasteiger partial charge in [-0.3, -0.25) is 4.99 Å². The highest BCUT2D eigenvalue weighted by Gasteiger charge is 2.36. The van der Waals surface area contributed by atoms with Crippen LogP contribution in [0, 0.1) is 6.92 Å². The van der Waals surface area contributed by atoms with Crippen molar-refractivity contribution < 1.29 is 9.53 Å². The highest BCUT2D eigenvalue weighted by Crippen LogP contribution is 2.32. The van der Waals surface area contributed by atoms with Crippen LogP contribution in [-0.2, 0) is 6.42 Å². The number of carbonyl (C=O) groups is 1. The molecule has 0 bridgehead atoms. The average molecular weight is 457 g/mol. The van der Waals surface area contributed by atoms with Gasteiger partial charge in [-0.2, -0.15) is 0 Å². The van der Waals surface area contributed by atoms with Crippen LogP contribution < -0.4 is 10.1 Å². The second-order valence-corrected chi connectivity index (χ2v) is 10.1. The Hall–Kier alpha value is -3.12. The molecular formula is C28H32N4O2. The number of urea groups is 1. The highest BCUT2D eigenvalue weighted by atomic mass is 16.5.